The van der Waals surface area contributed by atoms with E-state index >= 15 is 0 Å². The van der Waals surface area contributed by atoms with E-state index < -0.39 is 0 Å². The van der Waals surface area contributed by atoms with Crippen LogP contribution in [0, 0.1) is 0 Å². The highest BCUT2D eigenvalue weighted by Crippen LogP contribution is 2.48. The highest BCUT2D eigenvalue weighted by Gasteiger charge is 2.34. The van der Waals surface area contributed by atoms with Gasteiger partial charge >= 0.3 is 0 Å². The average molecular weight is 629 g/mol. The second-order valence-electron chi connectivity index (χ2n) is 13.5. The SMILES string of the molecule is CC1(C)c2ccccc2-n2c3ccc(-c4ccc(N(c5ccncc5)c5nccc6ccccc56)c5ccccc45)cc3c3cccc1c32. The molecule has 3 aromatic heterocycles. The summed E-state index contributed by atoms with van der Waals surface area (Å²) in [4.78, 5) is 11.6. The van der Waals surface area contributed by atoms with Crippen LogP contribution in [-0.4, -0.2) is 14.5 Å². The lowest BCUT2D eigenvalue weighted by molar-refractivity contribution is 0.630. The van der Waals surface area contributed by atoms with Crippen molar-refractivity contribution in [2.45, 2.75) is 19.3 Å². The largest absolute Gasteiger partial charge is 0.309 e. The fraction of sp³-hybridized carbons (Fsp3) is 0.0667. The van der Waals surface area contributed by atoms with Gasteiger partial charge in [0, 0.05) is 45.6 Å². The number of hydrogen-bond acceptors (Lipinski definition) is 3. The van der Waals surface area contributed by atoms with E-state index in [0.717, 1.165) is 33.4 Å². The van der Waals surface area contributed by atoms with Crippen LogP contribution in [0.3, 0.4) is 0 Å². The molecule has 1 aliphatic rings. The fourth-order valence-corrected chi connectivity index (χ4v) is 8.21. The number of anilines is 3. The van der Waals surface area contributed by atoms with Crippen LogP contribution in [-0.2, 0) is 5.41 Å². The van der Waals surface area contributed by atoms with Crippen molar-refractivity contribution < 1.29 is 0 Å². The van der Waals surface area contributed by atoms with E-state index in [1.165, 1.54) is 55.1 Å². The summed E-state index contributed by atoms with van der Waals surface area (Å²) in [7, 11) is 0. The van der Waals surface area contributed by atoms with Gasteiger partial charge in [-0.05, 0) is 75.5 Å². The van der Waals surface area contributed by atoms with Crippen molar-refractivity contribution in [3.63, 3.8) is 0 Å². The van der Waals surface area contributed by atoms with E-state index in [0.29, 0.717) is 0 Å². The van der Waals surface area contributed by atoms with E-state index in [1.54, 1.807) is 0 Å². The maximum Gasteiger partial charge on any atom is 0.145 e. The summed E-state index contributed by atoms with van der Waals surface area (Å²) in [5.41, 5.74) is 10.9. The molecule has 0 atom stereocenters. The van der Waals surface area contributed by atoms with Gasteiger partial charge in [-0.3, -0.25) is 9.88 Å². The normalized spacial score (nSPS) is 13.3. The zero-order valence-corrected chi connectivity index (χ0v) is 27.3. The summed E-state index contributed by atoms with van der Waals surface area (Å²) in [6.07, 6.45) is 5.59. The first-order valence-electron chi connectivity index (χ1n) is 16.8. The van der Waals surface area contributed by atoms with Crippen molar-refractivity contribution in [3.8, 4) is 16.8 Å². The Morgan fingerprint density at radius 1 is 0.571 bits per heavy atom. The van der Waals surface area contributed by atoms with Gasteiger partial charge in [0.15, 0.2) is 0 Å². The number of benzene rings is 6. The van der Waals surface area contributed by atoms with Crippen molar-refractivity contribution in [2.75, 3.05) is 4.90 Å². The van der Waals surface area contributed by atoms with Crippen LogP contribution in [0.5, 0.6) is 0 Å². The Bertz CT molecular complexity index is 2750. The molecule has 4 heterocycles. The van der Waals surface area contributed by atoms with Gasteiger partial charge in [0.2, 0.25) is 0 Å². The highest BCUT2D eigenvalue weighted by atomic mass is 15.2. The van der Waals surface area contributed by atoms with Gasteiger partial charge in [-0.25, -0.2) is 4.98 Å². The summed E-state index contributed by atoms with van der Waals surface area (Å²) in [6, 6.07) is 50.6. The molecule has 0 saturated heterocycles. The van der Waals surface area contributed by atoms with Crippen LogP contribution in [0.25, 0.3) is 60.2 Å². The van der Waals surface area contributed by atoms with Crippen LogP contribution in [0.15, 0.2) is 158 Å². The van der Waals surface area contributed by atoms with Crippen molar-refractivity contribution in [2.24, 2.45) is 0 Å². The molecule has 1 aliphatic heterocycles. The van der Waals surface area contributed by atoms with Crippen LogP contribution in [0.1, 0.15) is 25.0 Å². The first-order chi connectivity index (χ1) is 24.1. The highest BCUT2D eigenvalue weighted by molar-refractivity contribution is 6.14. The third-order valence-corrected chi connectivity index (χ3v) is 10.5. The van der Waals surface area contributed by atoms with Gasteiger partial charge in [-0.1, -0.05) is 111 Å². The van der Waals surface area contributed by atoms with Crippen LogP contribution < -0.4 is 4.90 Å². The van der Waals surface area contributed by atoms with Crippen molar-refractivity contribution in [1.82, 2.24) is 14.5 Å². The Hall–Kier alpha value is -6.26. The minimum absolute atomic E-state index is 0.0883. The first-order valence-corrected chi connectivity index (χ1v) is 16.8. The number of para-hydroxylation sites is 2. The molecule has 0 radical (unpaired) electrons. The van der Waals surface area contributed by atoms with Gasteiger partial charge in [-0.15, -0.1) is 0 Å². The summed E-state index contributed by atoms with van der Waals surface area (Å²) < 4.78 is 2.48. The third kappa shape index (κ3) is 3.98. The second kappa shape index (κ2) is 10.4. The standard InChI is InChI=1S/C45H32N4/c1-45(2)38-15-7-8-17-42(38)49-41-20-18-30(28-37(41)36-14-9-16-39(45)43(36)49)32-19-21-40(35-13-6-5-12-34(32)35)48(31-23-25-46-26-24-31)44-33-11-4-3-10-29(33)22-27-47-44/h3-28H,1-2H3. The fourth-order valence-electron chi connectivity index (χ4n) is 8.21. The average Bonchev–Trinajstić information content (AvgIpc) is 3.49. The molecule has 0 saturated carbocycles. The molecule has 0 fully saturated rings. The topological polar surface area (TPSA) is 34.0 Å². The quantitative estimate of drug-likeness (QED) is 0.194. The van der Waals surface area contributed by atoms with E-state index in [2.05, 4.69) is 168 Å². The maximum absolute atomic E-state index is 4.96. The molecule has 0 amide bonds. The lowest BCUT2D eigenvalue weighted by Crippen LogP contribution is -2.26. The predicted molar refractivity (Wildman–Crippen MR) is 204 cm³/mol. The Balaban J connectivity index is 1.21. The molecule has 0 unspecified atom stereocenters. The molecule has 10 rings (SSSR count). The maximum atomic E-state index is 4.96. The Labute approximate surface area is 284 Å². The van der Waals surface area contributed by atoms with Crippen molar-refractivity contribution in [3.05, 3.63) is 169 Å². The van der Waals surface area contributed by atoms with E-state index in [9.17, 15) is 0 Å². The number of rotatable bonds is 4. The lowest BCUT2D eigenvalue weighted by Gasteiger charge is -2.34. The van der Waals surface area contributed by atoms with Crippen molar-refractivity contribution in [1.29, 1.82) is 0 Å². The molecule has 0 spiro atoms. The van der Waals surface area contributed by atoms with E-state index in [-0.39, 0.29) is 5.41 Å². The molecule has 0 aliphatic carbocycles. The van der Waals surface area contributed by atoms with Gasteiger partial charge in [0.1, 0.15) is 5.82 Å². The molecular formula is C45H32N4. The van der Waals surface area contributed by atoms with Gasteiger partial charge in [-0.2, -0.15) is 0 Å². The second-order valence-corrected chi connectivity index (χ2v) is 13.5. The third-order valence-electron chi connectivity index (χ3n) is 10.5. The number of hydrogen-bond donors (Lipinski definition) is 0. The molecule has 0 N–H and O–H groups in total. The van der Waals surface area contributed by atoms with Gasteiger partial charge in [0.05, 0.1) is 28.1 Å². The van der Waals surface area contributed by atoms with Gasteiger partial charge < -0.3 is 4.57 Å². The number of fused-ring (bicyclic) bond motifs is 7. The Kier molecular flexibility index (Phi) is 5.89. The van der Waals surface area contributed by atoms with Crippen LogP contribution in [0.4, 0.5) is 17.2 Å². The zero-order chi connectivity index (χ0) is 32.7. The molecular weight excluding hydrogens is 597 g/mol. The van der Waals surface area contributed by atoms with Crippen LogP contribution in [0.2, 0.25) is 0 Å². The summed E-state index contributed by atoms with van der Waals surface area (Å²) in [5, 5.41) is 7.16. The number of nitrogens with zero attached hydrogens (tertiary/aromatic N) is 4. The molecule has 4 nitrogen and oxygen atoms in total. The Morgan fingerprint density at radius 3 is 2.18 bits per heavy atom. The molecule has 4 heteroatoms. The predicted octanol–water partition coefficient (Wildman–Crippen LogP) is 11.7. The molecule has 232 valence electrons. The minimum Gasteiger partial charge on any atom is -0.309 e. The van der Waals surface area contributed by atoms with Crippen molar-refractivity contribution >= 4 is 60.5 Å². The zero-order valence-electron chi connectivity index (χ0n) is 27.3. The summed E-state index contributed by atoms with van der Waals surface area (Å²) in [5.74, 6) is 0.890. The Morgan fingerprint density at radius 2 is 1.31 bits per heavy atom. The number of aromatic nitrogens is 3. The molecule has 6 aromatic carbocycles. The smallest absolute Gasteiger partial charge is 0.145 e. The molecule has 0 bridgehead atoms. The minimum atomic E-state index is -0.0883. The van der Waals surface area contributed by atoms with E-state index in [4.69, 9.17) is 4.98 Å². The van der Waals surface area contributed by atoms with E-state index in [1.807, 2.05) is 18.6 Å². The lowest BCUT2D eigenvalue weighted by atomic mass is 9.75. The monoisotopic (exact) mass is 628 g/mol. The van der Waals surface area contributed by atoms with Gasteiger partial charge in [0.25, 0.3) is 0 Å². The summed E-state index contributed by atoms with van der Waals surface area (Å²) >= 11 is 0. The number of pyridine rings is 2. The van der Waals surface area contributed by atoms with Crippen LogP contribution >= 0.6 is 0 Å². The molecule has 49 heavy (non-hydrogen) atoms. The first kappa shape index (κ1) is 27.8. The summed E-state index contributed by atoms with van der Waals surface area (Å²) in [6.45, 7) is 4.70. The molecule has 9 aromatic rings.